The molecule has 0 aliphatic carbocycles. The molecule has 2 nitrogen and oxygen atoms in total. The fourth-order valence-electron chi connectivity index (χ4n) is 2.26. The molecule has 19 heavy (non-hydrogen) atoms. The number of rotatable bonds is 2. The Kier molecular flexibility index (Phi) is 3.03. The molecule has 0 saturated heterocycles. The predicted molar refractivity (Wildman–Crippen MR) is 79.6 cm³/mol. The van der Waals surface area contributed by atoms with Crippen LogP contribution in [0, 0.1) is 5.82 Å². The van der Waals surface area contributed by atoms with Gasteiger partial charge in [-0.15, -0.1) is 0 Å². The molecular formula is C15H12BrFN2. The van der Waals surface area contributed by atoms with Gasteiger partial charge in [0.15, 0.2) is 0 Å². The van der Waals surface area contributed by atoms with Crippen LogP contribution in [0.25, 0.3) is 10.9 Å². The van der Waals surface area contributed by atoms with Crippen LogP contribution in [0.5, 0.6) is 0 Å². The van der Waals surface area contributed by atoms with Gasteiger partial charge in [0.2, 0.25) is 0 Å². The molecule has 0 radical (unpaired) electrons. The number of para-hydroxylation sites is 1. The number of anilines is 1. The molecule has 0 bridgehead atoms. The van der Waals surface area contributed by atoms with Crippen LogP contribution in [0.3, 0.4) is 0 Å². The first kappa shape index (κ1) is 12.2. The summed E-state index contributed by atoms with van der Waals surface area (Å²) in [6, 6.07) is 12.6. The minimum absolute atomic E-state index is 0.243. The van der Waals surface area contributed by atoms with Crippen molar-refractivity contribution in [2.75, 3.05) is 5.73 Å². The van der Waals surface area contributed by atoms with Crippen molar-refractivity contribution >= 4 is 32.5 Å². The highest BCUT2D eigenvalue weighted by molar-refractivity contribution is 9.10. The van der Waals surface area contributed by atoms with Crippen LogP contribution < -0.4 is 5.73 Å². The van der Waals surface area contributed by atoms with Crippen molar-refractivity contribution in [1.82, 2.24) is 4.57 Å². The van der Waals surface area contributed by atoms with Gasteiger partial charge >= 0.3 is 0 Å². The van der Waals surface area contributed by atoms with E-state index in [0.717, 1.165) is 26.6 Å². The van der Waals surface area contributed by atoms with E-state index in [0.29, 0.717) is 6.54 Å². The fourth-order valence-corrected chi connectivity index (χ4v) is 2.73. The molecule has 2 N–H and O–H groups in total. The summed E-state index contributed by atoms with van der Waals surface area (Å²) in [7, 11) is 0. The van der Waals surface area contributed by atoms with Gasteiger partial charge in [0.25, 0.3) is 0 Å². The summed E-state index contributed by atoms with van der Waals surface area (Å²) in [6.45, 7) is 0.651. The average Bonchev–Trinajstić information content (AvgIpc) is 2.77. The molecule has 96 valence electrons. The van der Waals surface area contributed by atoms with Crippen LogP contribution in [-0.4, -0.2) is 4.57 Å². The number of nitrogen functional groups attached to an aromatic ring is 1. The molecule has 3 aromatic rings. The van der Waals surface area contributed by atoms with Gasteiger partial charge in [0, 0.05) is 22.6 Å². The summed E-state index contributed by atoms with van der Waals surface area (Å²) in [6.07, 6.45) is 2.00. The van der Waals surface area contributed by atoms with E-state index in [4.69, 9.17) is 5.73 Å². The van der Waals surface area contributed by atoms with Gasteiger partial charge in [-0.25, -0.2) is 4.39 Å². The molecular weight excluding hydrogens is 307 g/mol. The van der Waals surface area contributed by atoms with E-state index in [9.17, 15) is 4.39 Å². The Morgan fingerprint density at radius 3 is 2.79 bits per heavy atom. The van der Waals surface area contributed by atoms with Crippen molar-refractivity contribution in [3.8, 4) is 0 Å². The number of aromatic nitrogens is 1. The van der Waals surface area contributed by atoms with Gasteiger partial charge in [-0.2, -0.15) is 0 Å². The molecule has 0 aliphatic rings. The third kappa shape index (κ3) is 2.24. The molecule has 4 heteroatoms. The monoisotopic (exact) mass is 318 g/mol. The Morgan fingerprint density at radius 1 is 1.16 bits per heavy atom. The van der Waals surface area contributed by atoms with Gasteiger partial charge in [-0.05, 0) is 29.8 Å². The third-order valence-electron chi connectivity index (χ3n) is 3.18. The summed E-state index contributed by atoms with van der Waals surface area (Å²) in [5.74, 6) is -0.243. The smallest absolute Gasteiger partial charge is 0.124 e. The second-order valence-electron chi connectivity index (χ2n) is 4.46. The zero-order chi connectivity index (χ0) is 13.4. The van der Waals surface area contributed by atoms with E-state index in [1.165, 1.54) is 12.1 Å². The Labute approximate surface area is 118 Å². The highest BCUT2D eigenvalue weighted by Gasteiger charge is 2.07. The quantitative estimate of drug-likeness (QED) is 0.706. The van der Waals surface area contributed by atoms with Crippen LogP contribution in [-0.2, 0) is 6.54 Å². The second kappa shape index (κ2) is 4.70. The first-order chi connectivity index (χ1) is 9.15. The van der Waals surface area contributed by atoms with Crippen LogP contribution in [0.4, 0.5) is 10.1 Å². The number of nitrogens with zero attached hydrogens (tertiary/aromatic N) is 1. The molecule has 2 aromatic carbocycles. The summed E-state index contributed by atoms with van der Waals surface area (Å²) in [5, 5.41) is 1.11. The highest BCUT2D eigenvalue weighted by atomic mass is 79.9. The van der Waals surface area contributed by atoms with Crippen LogP contribution in [0.15, 0.2) is 53.1 Å². The lowest BCUT2D eigenvalue weighted by atomic mass is 10.2. The molecule has 3 rings (SSSR count). The van der Waals surface area contributed by atoms with E-state index < -0.39 is 0 Å². The minimum Gasteiger partial charge on any atom is -0.397 e. The molecule has 0 saturated carbocycles. The van der Waals surface area contributed by atoms with Crippen LogP contribution in [0.2, 0.25) is 0 Å². The van der Waals surface area contributed by atoms with E-state index in [1.54, 1.807) is 6.07 Å². The maximum Gasteiger partial charge on any atom is 0.124 e. The van der Waals surface area contributed by atoms with E-state index in [-0.39, 0.29) is 5.82 Å². The van der Waals surface area contributed by atoms with Crippen molar-refractivity contribution in [3.63, 3.8) is 0 Å². The number of benzene rings is 2. The van der Waals surface area contributed by atoms with E-state index in [2.05, 4.69) is 20.5 Å². The predicted octanol–water partition coefficient (Wildman–Crippen LogP) is 4.17. The fraction of sp³-hybridized carbons (Fsp3) is 0.0667. The first-order valence-electron chi connectivity index (χ1n) is 5.92. The maximum atomic E-state index is 13.1. The molecule has 0 amide bonds. The lowest BCUT2D eigenvalue weighted by Gasteiger charge is -2.09. The van der Waals surface area contributed by atoms with Crippen LogP contribution >= 0.6 is 15.9 Å². The van der Waals surface area contributed by atoms with Gasteiger partial charge < -0.3 is 10.3 Å². The molecule has 0 atom stereocenters. The SMILES string of the molecule is Nc1cccc2ccn(Cc3ccc(F)cc3Br)c12. The van der Waals surface area contributed by atoms with E-state index >= 15 is 0 Å². The Morgan fingerprint density at radius 2 is 2.00 bits per heavy atom. The lowest BCUT2D eigenvalue weighted by molar-refractivity contribution is 0.625. The van der Waals surface area contributed by atoms with Crippen molar-refractivity contribution < 1.29 is 4.39 Å². The summed E-state index contributed by atoms with van der Waals surface area (Å²) in [4.78, 5) is 0. The van der Waals surface area contributed by atoms with Crippen LogP contribution in [0.1, 0.15) is 5.56 Å². The molecule has 1 heterocycles. The largest absolute Gasteiger partial charge is 0.397 e. The topological polar surface area (TPSA) is 30.9 Å². The van der Waals surface area contributed by atoms with Crippen molar-refractivity contribution in [1.29, 1.82) is 0 Å². The molecule has 0 spiro atoms. The Hall–Kier alpha value is -1.81. The lowest BCUT2D eigenvalue weighted by Crippen LogP contribution is -2.01. The second-order valence-corrected chi connectivity index (χ2v) is 5.32. The normalized spacial score (nSPS) is 11.1. The van der Waals surface area contributed by atoms with Crippen molar-refractivity contribution in [3.05, 3.63) is 64.5 Å². The van der Waals surface area contributed by atoms with Crippen molar-refractivity contribution in [2.24, 2.45) is 0 Å². The van der Waals surface area contributed by atoms with E-state index in [1.807, 2.05) is 30.5 Å². The summed E-state index contributed by atoms with van der Waals surface area (Å²) >= 11 is 3.39. The zero-order valence-corrected chi connectivity index (χ0v) is 11.7. The van der Waals surface area contributed by atoms with Gasteiger partial charge in [0.1, 0.15) is 5.82 Å². The zero-order valence-electron chi connectivity index (χ0n) is 10.1. The average molecular weight is 319 g/mol. The minimum atomic E-state index is -0.243. The first-order valence-corrected chi connectivity index (χ1v) is 6.72. The summed E-state index contributed by atoms with van der Waals surface area (Å²) < 4.78 is 15.9. The number of hydrogen-bond donors (Lipinski definition) is 1. The Balaban J connectivity index is 2.06. The number of fused-ring (bicyclic) bond motifs is 1. The van der Waals surface area contributed by atoms with Gasteiger partial charge in [-0.1, -0.05) is 34.1 Å². The standard InChI is InChI=1S/C15H12BrFN2/c16-13-8-12(17)5-4-11(13)9-19-7-6-10-2-1-3-14(18)15(10)19/h1-8H,9,18H2. The molecule has 0 aliphatic heterocycles. The van der Waals surface area contributed by atoms with Gasteiger partial charge in [-0.3, -0.25) is 0 Å². The third-order valence-corrected chi connectivity index (χ3v) is 3.91. The van der Waals surface area contributed by atoms with Crippen molar-refractivity contribution in [2.45, 2.75) is 6.54 Å². The molecule has 0 fully saturated rings. The summed E-state index contributed by atoms with van der Waals surface area (Å²) in [5.41, 5.74) is 8.80. The number of halogens is 2. The van der Waals surface area contributed by atoms with Gasteiger partial charge in [0.05, 0.1) is 11.2 Å². The Bertz CT molecular complexity index is 749. The molecule has 1 aromatic heterocycles. The number of nitrogens with two attached hydrogens (primary N) is 1. The number of hydrogen-bond acceptors (Lipinski definition) is 1. The molecule has 0 unspecified atom stereocenters. The maximum absolute atomic E-state index is 13.1. The highest BCUT2D eigenvalue weighted by Crippen LogP contribution is 2.25.